The van der Waals surface area contributed by atoms with Crippen molar-refractivity contribution in [3.05, 3.63) is 34.6 Å². The van der Waals surface area contributed by atoms with Crippen LogP contribution in [0.2, 0.25) is 0 Å². The Labute approximate surface area is 115 Å². The Morgan fingerprint density at radius 2 is 2.11 bits per heavy atom. The molecular weight excluding hydrogens is 294 g/mol. The van der Waals surface area contributed by atoms with Crippen molar-refractivity contribution in [1.29, 1.82) is 0 Å². The largest absolute Gasteiger partial charge is 0.339 e. The van der Waals surface area contributed by atoms with Crippen LogP contribution < -0.4 is 5.32 Å². The fourth-order valence-corrected chi connectivity index (χ4v) is 2.04. The fourth-order valence-electron chi connectivity index (χ4n) is 1.58. The summed E-state index contributed by atoms with van der Waals surface area (Å²) in [7, 11) is 0. The van der Waals surface area contributed by atoms with Gasteiger partial charge in [-0.1, -0.05) is 47.1 Å². The molecule has 0 spiro atoms. The molecule has 18 heavy (non-hydrogen) atoms. The first-order chi connectivity index (χ1) is 8.66. The van der Waals surface area contributed by atoms with Gasteiger partial charge in [0.2, 0.25) is 11.7 Å². The van der Waals surface area contributed by atoms with E-state index in [0.29, 0.717) is 17.8 Å². The molecule has 0 aliphatic heterocycles. The zero-order valence-corrected chi connectivity index (χ0v) is 12.1. The van der Waals surface area contributed by atoms with Crippen molar-refractivity contribution < 1.29 is 4.52 Å². The molecule has 0 fully saturated rings. The molecule has 0 radical (unpaired) electrons. The average molecular weight is 310 g/mol. The van der Waals surface area contributed by atoms with Crippen LogP contribution in [-0.4, -0.2) is 22.7 Å². The molecule has 4 nitrogen and oxygen atoms in total. The second kappa shape index (κ2) is 6.11. The lowest BCUT2D eigenvalue weighted by molar-refractivity contribution is 0.374. The maximum Gasteiger partial charge on any atom is 0.228 e. The van der Waals surface area contributed by atoms with Crippen molar-refractivity contribution in [2.75, 3.05) is 6.54 Å². The highest BCUT2D eigenvalue weighted by Crippen LogP contribution is 2.25. The molecule has 96 valence electrons. The Hall–Kier alpha value is -1.20. The van der Waals surface area contributed by atoms with Crippen LogP contribution in [0.1, 0.15) is 19.7 Å². The molecule has 0 saturated heterocycles. The van der Waals surface area contributed by atoms with Crippen LogP contribution in [-0.2, 0) is 6.42 Å². The van der Waals surface area contributed by atoms with E-state index in [4.69, 9.17) is 4.52 Å². The highest BCUT2D eigenvalue weighted by Gasteiger charge is 2.10. The lowest BCUT2D eigenvalue weighted by Gasteiger charge is -2.04. The van der Waals surface area contributed by atoms with Gasteiger partial charge < -0.3 is 9.84 Å². The third kappa shape index (κ3) is 3.40. The van der Waals surface area contributed by atoms with Crippen molar-refractivity contribution in [2.24, 2.45) is 0 Å². The van der Waals surface area contributed by atoms with Crippen LogP contribution in [0.15, 0.2) is 33.3 Å². The van der Waals surface area contributed by atoms with Crippen LogP contribution in [0.5, 0.6) is 0 Å². The summed E-state index contributed by atoms with van der Waals surface area (Å²) in [5, 5.41) is 7.32. The number of benzene rings is 1. The first-order valence-corrected chi connectivity index (χ1v) is 6.77. The van der Waals surface area contributed by atoms with Gasteiger partial charge in [0.25, 0.3) is 0 Å². The molecule has 0 amide bonds. The summed E-state index contributed by atoms with van der Waals surface area (Å²) in [6.45, 7) is 5.07. The summed E-state index contributed by atoms with van der Waals surface area (Å²) in [5.74, 6) is 1.29. The normalized spacial score (nSPS) is 11.1. The number of hydrogen-bond acceptors (Lipinski definition) is 4. The van der Waals surface area contributed by atoms with Crippen molar-refractivity contribution >= 4 is 15.9 Å². The zero-order valence-electron chi connectivity index (χ0n) is 10.5. The van der Waals surface area contributed by atoms with Crippen molar-refractivity contribution in [3.63, 3.8) is 0 Å². The molecule has 0 aliphatic rings. The first-order valence-electron chi connectivity index (χ1n) is 5.97. The standard InChI is InChI=1S/C13H16BrN3O/c1-9(2)15-8-7-12-16-13(17-18-12)10-5-3-4-6-11(10)14/h3-6,9,15H,7-8H2,1-2H3. The average Bonchev–Trinajstić information content (AvgIpc) is 2.78. The molecule has 1 aromatic heterocycles. The van der Waals surface area contributed by atoms with E-state index in [9.17, 15) is 0 Å². The first kappa shape index (κ1) is 13.2. The van der Waals surface area contributed by atoms with Crippen LogP contribution >= 0.6 is 15.9 Å². The van der Waals surface area contributed by atoms with Gasteiger partial charge in [0, 0.05) is 29.0 Å². The van der Waals surface area contributed by atoms with Crippen molar-refractivity contribution in [3.8, 4) is 11.4 Å². The zero-order chi connectivity index (χ0) is 13.0. The number of nitrogens with zero attached hydrogens (tertiary/aromatic N) is 2. The van der Waals surface area contributed by atoms with Crippen LogP contribution in [0, 0.1) is 0 Å². The molecule has 0 aliphatic carbocycles. The van der Waals surface area contributed by atoms with Gasteiger partial charge >= 0.3 is 0 Å². The minimum absolute atomic E-state index is 0.468. The van der Waals surface area contributed by atoms with Gasteiger partial charge in [-0.15, -0.1) is 0 Å². The molecule has 1 heterocycles. The topological polar surface area (TPSA) is 51.0 Å². The minimum Gasteiger partial charge on any atom is -0.339 e. The van der Waals surface area contributed by atoms with E-state index in [-0.39, 0.29) is 0 Å². The van der Waals surface area contributed by atoms with E-state index in [2.05, 4.69) is 45.2 Å². The van der Waals surface area contributed by atoms with Gasteiger partial charge in [-0.05, 0) is 12.1 Å². The minimum atomic E-state index is 0.468. The smallest absolute Gasteiger partial charge is 0.228 e. The lowest BCUT2D eigenvalue weighted by Crippen LogP contribution is -2.25. The number of hydrogen-bond donors (Lipinski definition) is 1. The Kier molecular flexibility index (Phi) is 4.49. The second-order valence-corrected chi connectivity index (χ2v) is 5.20. The van der Waals surface area contributed by atoms with Crippen molar-refractivity contribution in [2.45, 2.75) is 26.3 Å². The molecule has 0 bridgehead atoms. The molecule has 0 saturated carbocycles. The van der Waals surface area contributed by atoms with E-state index < -0.39 is 0 Å². The summed E-state index contributed by atoms with van der Waals surface area (Å²) in [5.41, 5.74) is 0.948. The van der Waals surface area contributed by atoms with E-state index >= 15 is 0 Å². The summed E-state index contributed by atoms with van der Waals surface area (Å²) >= 11 is 3.48. The summed E-state index contributed by atoms with van der Waals surface area (Å²) < 4.78 is 6.20. The molecular formula is C13H16BrN3O. The monoisotopic (exact) mass is 309 g/mol. The van der Waals surface area contributed by atoms with Gasteiger partial charge in [-0.2, -0.15) is 4.98 Å². The Morgan fingerprint density at radius 1 is 1.33 bits per heavy atom. The third-order valence-corrected chi connectivity index (χ3v) is 3.17. The molecule has 0 atom stereocenters. The Bertz CT molecular complexity index is 510. The number of rotatable bonds is 5. The highest BCUT2D eigenvalue weighted by atomic mass is 79.9. The molecule has 2 aromatic rings. The summed E-state index contributed by atoms with van der Waals surface area (Å²) in [6.07, 6.45) is 0.746. The van der Waals surface area contributed by atoms with Crippen LogP contribution in [0.4, 0.5) is 0 Å². The van der Waals surface area contributed by atoms with Gasteiger partial charge in [0.05, 0.1) is 0 Å². The van der Waals surface area contributed by atoms with Gasteiger partial charge in [0.15, 0.2) is 0 Å². The van der Waals surface area contributed by atoms with Crippen molar-refractivity contribution in [1.82, 2.24) is 15.5 Å². The fraction of sp³-hybridized carbons (Fsp3) is 0.385. The third-order valence-electron chi connectivity index (χ3n) is 2.47. The Morgan fingerprint density at radius 3 is 2.83 bits per heavy atom. The molecule has 5 heteroatoms. The number of nitrogens with one attached hydrogen (secondary N) is 1. The predicted molar refractivity (Wildman–Crippen MR) is 74.3 cm³/mol. The van der Waals surface area contributed by atoms with E-state index in [0.717, 1.165) is 23.0 Å². The SMILES string of the molecule is CC(C)NCCc1nc(-c2ccccc2Br)no1. The lowest BCUT2D eigenvalue weighted by atomic mass is 10.2. The molecule has 1 aromatic carbocycles. The second-order valence-electron chi connectivity index (χ2n) is 4.35. The molecule has 0 unspecified atom stereocenters. The Balaban J connectivity index is 2.04. The maximum absolute atomic E-state index is 5.23. The van der Waals surface area contributed by atoms with E-state index in [1.165, 1.54) is 0 Å². The highest BCUT2D eigenvalue weighted by molar-refractivity contribution is 9.10. The van der Waals surface area contributed by atoms with Crippen LogP contribution in [0.3, 0.4) is 0 Å². The number of aromatic nitrogens is 2. The van der Waals surface area contributed by atoms with Gasteiger partial charge in [0.1, 0.15) is 0 Å². The quantitative estimate of drug-likeness (QED) is 0.922. The number of halogens is 1. The van der Waals surface area contributed by atoms with Gasteiger partial charge in [-0.25, -0.2) is 0 Å². The maximum atomic E-state index is 5.23. The van der Waals surface area contributed by atoms with E-state index in [1.807, 2.05) is 24.3 Å². The molecule has 1 N–H and O–H groups in total. The van der Waals surface area contributed by atoms with E-state index in [1.54, 1.807) is 0 Å². The summed E-state index contributed by atoms with van der Waals surface area (Å²) in [6, 6.07) is 8.31. The molecule has 2 rings (SSSR count). The predicted octanol–water partition coefficient (Wildman–Crippen LogP) is 3.04. The van der Waals surface area contributed by atoms with Gasteiger partial charge in [-0.3, -0.25) is 0 Å². The van der Waals surface area contributed by atoms with Crippen LogP contribution in [0.25, 0.3) is 11.4 Å². The summed E-state index contributed by atoms with van der Waals surface area (Å²) in [4.78, 5) is 4.39.